The molecule has 0 fully saturated rings. The quantitative estimate of drug-likeness (QED) is 0.713. The van der Waals surface area contributed by atoms with Gasteiger partial charge in [0.15, 0.2) is 0 Å². The first kappa shape index (κ1) is 20.5. The summed E-state index contributed by atoms with van der Waals surface area (Å²) in [6.45, 7) is 9.61. The maximum absolute atomic E-state index is 12.7. The zero-order valence-corrected chi connectivity index (χ0v) is 17.2. The molecule has 0 aliphatic carbocycles. The molecule has 0 aliphatic heterocycles. The third-order valence-corrected chi connectivity index (χ3v) is 5.05. The molecule has 0 saturated carbocycles. The summed E-state index contributed by atoms with van der Waals surface area (Å²) in [5, 5.41) is 7.74. The average Bonchev–Trinajstić information content (AvgIpc) is 2.88. The molecule has 1 amide bonds. The number of nitrogens with zero attached hydrogens (tertiary/aromatic N) is 3. The summed E-state index contributed by atoms with van der Waals surface area (Å²) in [7, 11) is 4.07. The van der Waals surface area contributed by atoms with Crippen LogP contribution in [-0.4, -0.2) is 48.1 Å². The van der Waals surface area contributed by atoms with E-state index in [2.05, 4.69) is 34.2 Å². The van der Waals surface area contributed by atoms with Gasteiger partial charge in [-0.25, -0.2) is 4.98 Å². The normalized spacial score (nSPS) is 11.8. The summed E-state index contributed by atoms with van der Waals surface area (Å²) in [4.78, 5) is 19.2. The van der Waals surface area contributed by atoms with E-state index < -0.39 is 0 Å². The maximum Gasteiger partial charge on any atom is 0.254 e. The van der Waals surface area contributed by atoms with Crippen molar-refractivity contribution in [2.45, 2.75) is 38.5 Å². The fourth-order valence-electron chi connectivity index (χ4n) is 2.85. The van der Waals surface area contributed by atoms with Crippen molar-refractivity contribution in [2.75, 3.05) is 27.2 Å². The van der Waals surface area contributed by atoms with Crippen LogP contribution in [0.1, 0.15) is 41.2 Å². The molecule has 142 valence electrons. The Morgan fingerprint density at radius 2 is 2.08 bits per heavy atom. The summed E-state index contributed by atoms with van der Waals surface area (Å²) >= 11 is 1.53. The number of amides is 1. The van der Waals surface area contributed by atoms with E-state index in [1.807, 2.05) is 34.0 Å². The second kappa shape index (κ2) is 8.68. The van der Waals surface area contributed by atoms with Crippen LogP contribution in [0.4, 0.5) is 0 Å². The van der Waals surface area contributed by atoms with E-state index in [0.29, 0.717) is 17.9 Å². The number of hydrogen-bond acceptors (Lipinski definition) is 6. The largest absolute Gasteiger partial charge is 0.361 e. The Kier molecular flexibility index (Phi) is 6.83. The lowest BCUT2D eigenvalue weighted by Crippen LogP contribution is -2.40. The first-order valence-electron chi connectivity index (χ1n) is 8.62. The molecular formula is C19H28N4O2S. The molecule has 2 heterocycles. The molecule has 0 spiro atoms. The molecule has 2 rings (SSSR count). The van der Waals surface area contributed by atoms with Gasteiger partial charge in [0.2, 0.25) is 0 Å². The third kappa shape index (κ3) is 5.57. The molecule has 1 N–H and O–H groups in total. The van der Waals surface area contributed by atoms with Crippen molar-refractivity contribution in [2.24, 2.45) is 5.41 Å². The Balaban J connectivity index is 2.04. The van der Waals surface area contributed by atoms with Crippen LogP contribution in [0.2, 0.25) is 0 Å². The van der Waals surface area contributed by atoms with E-state index >= 15 is 0 Å². The van der Waals surface area contributed by atoms with Crippen LogP contribution in [0.15, 0.2) is 27.9 Å². The van der Waals surface area contributed by atoms with Gasteiger partial charge in [0.1, 0.15) is 10.8 Å². The van der Waals surface area contributed by atoms with Crippen LogP contribution < -0.4 is 5.32 Å². The monoisotopic (exact) mass is 376 g/mol. The van der Waals surface area contributed by atoms with Crippen molar-refractivity contribution >= 4 is 17.7 Å². The predicted octanol–water partition coefficient (Wildman–Crippen LogP) is 3.30. The lowest BCUT2D eigenvalue weighted by atomic mass is 9.93. The lowest BCUT2D eigenvalue weighted by molar-refractivity contribution is 0.0925. The van der Waals surface area contributed by atoms with Crippen molar-refractivity contribution in [3.63, 3.8) is 0 Å². The van der Waals surface area contributed by atoms with E-state index in [9.17, 15) is 4.79 Å². The van der Waals surface area contributed by atoms with Gasteiger partial charge >= 0.3 is 0 Å². The van der Waals surface area contributed by atoms with E-state index in [1.54, 1.807) is 12.3 Å². The molecule has 2 aromatic rings. The van der Waals surface area contributed by atoms with E-state index in [0.717, 1.165) is 28.6 Å². The number of carbonyl (C=O) groups is 1. The number of pyridine rings is 1. The zero-order chi connectivity index (χ0) is 19.3. The number of aryl methyl sites for hydroxylation is 2. The van der Waals surface area contributed by atoms with Gasteiger partial charge in [0, 0.05) is 30.6 Å². The van der Waals surface area contributed by atoms with Crippen LogP contribution in [0, 0.1) is 19.3 Å². The highest BCUT2D eigenvalue weighted by Gasteiger charge is 2.21. The summed E-state index contributed by atoms with van der Waals surface area (Å²) in [5.41, 5.74) is 2.53. The molecule has 2 aromatic heterocycles. The standard InChI is InChI=1S/C19H28N4O2S/c1-13-16(14(2)25-22-13)10-26-18-15(8-7-9-20-18)17(24)21-11-19(3,4)12-23(5)6/h7-9H,10-12H2,1-6H3,(H,21,24). The second-order valence-electron chi connectivity index (χ2n) is 7.53. The highest BCUT2D eigenvalue weighted by Crippen LogP contribution is 2.27. The minimum atomic E-state index is -0.0915. The predicted molar refractivity (Wildman–Crippen MR) is 104 cm³/mol. The molecule has 0 atom stereocenters. The summed E-state index contributed by atoms with van der Waals surface area (Å²) in [5.74, 6) is 1.39. The topological polar surface area (TPSA) is 71.3 Å². The fourth-order valence-corrected chi connectivity index (χ4v) is 4.00. The number of nitrogens with one attached hydrogen (secondary N) is 1. The van der Waals surface area contributed by atoms with E-state index in [4.69, 9.17) is 4.52 Å². The van der Waals surface area contributed by atoms with E-state index in [-0.39, 0.29) is 11.3 Å². The number of rotatable bonds is 8. The van der Waals surface area contributed by atoms with Crippen molar-refractivity contribution < 1.29 is 9.32 Å². The number of aromatic nitrogens is 2. The number of thioether (sulfide) groups is 1. The second-order valence-corrected chi connectivity index (χ2v) is 8.50. The molecule has 0 bridgehead atoms. The molecule has 6 nitrogen and oxygen atoms in total. The number of hydrogen-bond donors (Lipinski definition) is 1. The minimum absolute atomic E-state index is 0.00857. The van der Waals surface area contributed by atoms with Crippen LogP contribution in [0.3, 0.4) is 0 Å². The molecule has 0 saturated heterocycles. The first-order chi connectivity index (χ1) is 12.2. The molecular weight excluding hydrogens is 348 g/mol. The van der Waals surface area contributed by atoms with E-state index in [1.165, 1.54) is 11.8 Å². The Morgan fingerprint density at radius 3 is 2.69 bits per heavy atom. The summed E-state index contributed by atoms with van der Waals surface area (Å²) < 4.78 is 5.20. The van der Waals surface area contributed by atoms with Crippen LogP contribution in [0.5, 0.6) is 0 Å². The van der Waals surface area contributed by atoms with Crippen LogP contribution in [0.25, 0.3) is 0 Å². The molecule has 7 heteroatoms. The van der Waals surface area contributed by atoms with Gasteiger partial charge in [-0.05, 0) is 45.5 Å². The Hall–Kier alpha value is -1.86. The minimum Gasteiger partial charge on any atom is -0.361 e. The average molecular weight is 377 g/mol. The smallest absolute Gasteiger partial charge is 0.254 e. The van der Waals surface area contributed by atoms with Gasteiger partial charge in [0.05, 0.1) is 11.3 Å². The van der Waals surface area contributed by atoms with Gasteiger partial charge in [-0.2, -0.15) is 0 Å². The van der Waals surface area contributed by atoms with Crippen molar-refractivity contribution in [3.05, 3.63) is 40.9 Å². The number of carbonyl (C=O) groups excluding carboxylic acids is 1. The molecule has 0 unspecified atom stereocenters. The Bertz CT molecular complexity index is 736. The van der Waals surface area contributed by atoms with Crippen molar-refractivity contribution in [3.8, 4) is 0 Å². The van der Waals surface area contributed by atoms with Crippen molar-refractivity contribution in [1.29, 1.82) is 0 Å². The summed E-state index contributed by atoms with van der Waals surface area (Å²) in [6.07, 6.45) is 1.71. The summed E-state index contributed by atoms with van der Waals surface area (Å²) in [6, 6.07) is 3.61. The van der Waals surface area contributed by atoms with Gasteiger partial charge < -0.3 is 14.7 Å². The lowest BCUT2D eigenvalue weighted by Gasteiger charge is -2.28. The van der Waals surface area contributed by atoms with Gasteiger partial charge in [-0.3, -0.25) is 4.79 Å². The molecule has 0 radical (unpaired) electrons. The Morgan fingerprint density at radius 1 is 1.35 bits per heavy atom. The zero-order valence-electron chi connectivity index (χ0n) is 16.4. The van der Waals surface area contributed by atoms with Crippen LogP contribution in [-0.2, 0) is 5.75 Å². The molecule has 0 aliphatic rings. The molecule has 0 aromatic carbocycles. The third-order valence-electron chi connectivity index (χ3n) is 4.02. The Labute approximate surface area is 159 Å². The van der Waals surface area contributed by atoms with Gasteiger partial charge in [0.25, 0.3) is 5.91 Å². The first-order valence-corrected chi connectivity index (χ1v) is 9.60. The van der Waals surface area contributed by atoms with Gasteiger partial charge in [-0.1, -0.05) is 19.0 Å². The molecule has 26 heavy (non-hydrogen) atoms. The van der Waals surface area contributed by atoms with Crippen molar-refractivity contribution in [1.82, 2.24) is 20.4 Å². The maximum atomic E-state index is 12.7. The fraction of sp³-hybridized carbons (Fsp3) is 0.526. The van der Waals surface area contributed by atoms with Crippen LogP contribution >= 0.6 is 11.8 Å². The SMILES string of the molecule is Cc1noc(C)c1CSc1ncccc1C(=O)NCC(C)(C)CN(C)C. The van der Waals surface area contributed by atoms with Gasteiger partial charge in [-0.15, -0.1) is 11.8 Å². The highest BCUT2D eigenvalue weighted by molar-refractivity contribution is 7.98. The highest BCUT2D eigenvalue weighted by atomic mass is 32.2.